The third-order valence-electron chi connectivity index (χ3n) is 7.37. The SMILES string of the molecule is [C-]#[N+]c1cc(Oc2[c-]c3c(cc2)c2ccccc2n3-c2ccccn2)[c-]c(-c2nccn2-c2c(C)cc(C)cc2C)c1.[Pt+2]. The minimum Gasteiger partial charge on any atom is -0.504 e. The zero-order valence-electron chi connectivity index (χ0n) is 23.7. The van der Waals surface area contributed by atoms with Crippen LogP contribution >= 0.6 is 0 Å². The second-order valence-corrected chi connectivity index (χ2v) is 10.3. The molecule has 0 unspecified atom stereocenters. The first kappa shape index (κ1) is 28.2. The zero-order chi connectivity index (χ0) is 28.8. The van der Waals surface area contributed by atoms with Crippen LogP contribution in [0.1, 0.15) is 16.7 Å². The van der Waals surface area contributed by atoms with E-state index in [1.807, 2.05) is 48.7 Å². The Bertz CT molecular complexity index is 2150. The summed E-state index contributed by atoms with van der Waals surface area (Å²) < 4.78 is 10.5. The number of hydrogen-bond acceptors (Lipinski definition) is 3. The molecule has 0 amide bonds. The quantitative estimate of drug-likeness (QED) is 0.166. The smallest absolute Gasteiger partial charge is 0.504 e. The Morgan fingerprint density at radius 2 is 1.58 bits per heavy atom. The monoisotopic (exact) mass is 738 g/mol. The van der Waals surface area contributed by atoms with Crippen molar-refractivity contribution in [1.82, 2.24) is 19.1 Å². The number of imidazole rings is 1. The summed E-state index contributed by atoms with van der Waals surface area (Å²) in [6, 6.07) is 32.7. The fourth-order valence-electron chi connectivity index (χ4n) is 5.78. The van der Waals surface area contributed by atoms with Crippen LogP contribution in [-0.2, 0) is 21.1 Å². The van der Waals surface area contributed by atoms with E-state index in [1.54, 1.807) is 24.5 Å². The van der Waals surface area contributed by atoms with Crippen molar-refractivity contribution in [1.29, 1.82) is 0 Å². The molecule has 0 saturated carbocycles. The Hall–Kier alpha value is -4.98. The number of benzene rings is 4. The first-order chi connectivity index (χ1) is 20.5. The molecule has 3 aromatic heterocycles. The van der Waals surface area contributed by atoms with E-state index in [2.05, 4.69) is 81.1 Å². The van der Waals surface area contributed by atoms with Crippen molar-refractivity contribution in [3.8, 4) is 34.4 Å². The summed E-state index contributed by atoms with van der Waals surface area (Å²) in [4.78, 5) is 13.0. The fraction of sp³-hybridized carbons (Fsp3) is 0.0833. The zero-order valence-corrected chi connectivity index (χ0v) is 26.0. The van der Waals surface area contributed by atoms with Gasteiger partial charge in [0.15, 0.2) is 0 Å². The average molecular weight is 739 g/mol. The predicted molar refractivity (Wildman–Crippen MR) is 166 cm³/mol. The summed E-state index contributed by atoms with van der Waals surface area (Å²) in [5, 5.41) is 2.16. The molecule has 6 nitrogen and oxygen atoms in total. The van der Waals surface area contributed by atoms with E-state index in [0.717, 1.165) is 44.4 Å². The van der Waals surface area contributed by atoms with Gasteiger partial charge in [-0.2, -0.15) is 6.07 Å². The van der Waals surface area contributed by atoms with Crippen LogP contribution in [0.5, 0.6) is 11.5 Å². The van der Waals surface area contributed by atoms with E-state index in [1.165, 1.54) is 5.56 Å². The summed E-state index contributed by atoms with van der Waals surface area (Å²) in [6.07, 6.45) is 5.49. The number of aryl methyl sites for hydroxylation is 3. The van der Waals surface area contributed by atoms with Gasteiger partial charge in [-0.3, -0.25) is 9.83 Å². The number of aromatic nitrogens is 4. The number of nitrogens with zero attached hydrogens (tertiary/aromatic N) is 5. The van der Waals surface area contributed by atoms with E-state index in [9.17, 15) is 0 Å². The molecule has 0 saturated heterocycles. The van der Waals surface area contributed by atoms with Crippen molar-refractivity contribution in [3.63, 3.8) is 0 Å². The van der Waals surface area contributed by atoms with Crippen molar-refractivity contribution >= 4 is 27.5 Å². The van der Waals surface area contributed by atoms with Gasteiger partial charge in [-0.15, -0.1) is 29.1 Å². The molecule has 3 heterocycles. The van der Waals surface area contributed by atoms with Gasteiger partial charge in [0.05, 0.1) is 12.4 Å². The molecule has 0 aliphatic carbocycles. The standard InChI is InChI=1S/C36H25N5O.Pt/c1-23-17-24(2)35(25(3)18-23)40-16-15-39-36(40)26-19-27(37-4)21-29(20-26)42-28-12-13-31-30-9-5-6-10-32(30)41(33(31)22-28)34-11-7-8-14-38-34;/h5-19,21H,1-3H3;/q-2;+2. The van der Waals surface area contributed by atoms with Gasteiger partial charge in [0.1, 0.15) is 11.5 Å². The molecule has 0 radical (unpaired) electrons. The molecule has 0 bridgehead atoms. The maximum atomic E-state index is 7.76. The van der Waals surface area contributed by atoms with Gasteiger partial charge in [-0.25, -0.2) is 4.98 Å². The van der Waals surface area contributed by atoms with Crippen LogP contribution in [0.15, 0.2) is 97.5 Å². The first-order valence-corrected chi connectivity index (χ1v) is 13.6. The molecule has 43 heavy (non-hydrogen) atoms. The Labute approximate surface area is 264 Å². The summed E-state index contributed by atoms with van der Waals surface area (Å²) >= 11 is 0. The molecular weight excluding hydrogens is 714 g/mol. The topological polar surface area (TPSA) is 49.2 Å². The van der Waals surface area contributed by atoms with E-state index in [4.69, 9.17) is 11.3 Å². The third kappa shape index (κ3) is 5.03. The third-order valence-corrected chi connectivity index (χ3v) is 7.37. The summed E-state index contributed by atoms with van der Waals surface area (Å²) in [6.45, 7) is 14.1. The molecule has 4 aromatic carbocycles. The Kier molecular flexibility index (Phi) is 7.44. The molecule has 0 fully saturated rings. The molecule has 7 heteroatoms. The van der Waals surface area contributed by atoms with Gasteiger partial charge in [-0.1, -0.05) is 59.6 Å². The van der Waals surface area contributed by atoms with Crippen LogP contribution in [0, 0.1) is 39.5 Å². The van der Waals surface area contributed by atoms with E-state index in [0.29, 0.717) is 28.6 Å². The van der Waals surface area contributed by atoms with Gasteiger partial charge < -0.3 is 13.9 Å². The fourth-order valence-corrected chi connectivity index (χ4v) is 5.78. The Morgan fingerprint density at radius 1 is 0.791 bits per heavy atom. The van der Waals surface area contributed by atoms with E-state index in [-0.39, 0.29) is 21.1 Å². The average Bonchev–Trinajstić information content (AvgIpc) is 3.60. The first-order valence-electron chi connectivity index (χ1n) is 13.6. The minimum atomic E-state index is 0. The second-order valence-electron chi connectivity index (χ2n) is 10.3. The summed E-state index contributed by atoms with van der Waals surface area (Å²) in [5.41, 5.74) is 7.58. The van der Waals surface area contributed by atoms with E-state index < -0.39 is 0 Å². The molecule has 0 aliphatic heterocycles. The minimum absolute atomic E-state index is 0. The van der Waals surface area contributed by atoms with Crippen molar-refractivity contribution in [3.05, 3.63) is 138 Å². The van der Waals surface area contributed by atoms with Crippen LogP contribution in [0.4, 0.5) is 5.69 Å². The van der Waals surface area contributed by atoms with Crippen molar-refractivity contribution < 1.29 is 25.8 Å². The molecule has 210 valence electrons. The van der Waals surface area contributed by atoms with Gasteiger partial charge in [0, 0.05) is 41.3 Å². The maximum absolute atomic E-state index is 7.76. The largest absolute Gasteiger partial charge is 2.00 e. The number of hydrogen-bond donors (Lipinski definition) is 0. The Morgan fingerprint density at radius 3 is 2.35 bits per heavy atom. The van der Waals surface area contributed by atoms with E-state index >= 15 is 0 Å². The van der Waals surface area contributed by atoms with Gasteiger partial charge in [0.2, 0.25) is 0 Å². The molecule has 7 aromatic rings. The number of pyridine rings is 1. The molecule has 0 aliphatic rings. The van der Waals surface area contributed by atoms with Gasteiger partial charge in [0.25, 0.3) is 0 Å². The molecule has 7 rings (SSSR count). The Balaban J connectivity index is 0.00000329. The van der Waals surface area contributed by atoms with Crippen molar-refractivity contribution in [2.45, 2.75) is 20.8 Å². The summed E-state index contributed by atoms with van der Waals surface area (Å²) in [7, 11) is 0. The number of rotatable bonds is 5. The number of ether oxygens (including phenoxy) is 1. The van der Waals surface area contributed by atoms with Crippen LogP contribution in [0.2, 0.25) is 0 Å². The maximum Gasteiger partial charge on any atom is 2.00 e. The summed E-state index contributed by atoms with van der Waals surface area (Å²) in [5.74, 6) is 2.42. The van der Waals surface area contributed by atoms with Crippen LogP contribution in [0.3, 0.4) is 0 Å². The molecule has 0 atom stereocenters. The van der Waals surface area contributed by atoms with Crippen LogP contribution in [-0.4, -0.2) is 19.1 Å². The second kappa shape index (κ2) is 11.4. The molecule has 0 spiro atoms. The predicted octanol–water partition coefficient (Wildman–Crippen LogP) is 8.90. The van der Waals surface area contributed by atoms with Gasteiger partial charge in [-0.05, 0) is 55.5 Å². The molecular formula is C36H25N5OPt. The number of para-hydroxylation sites is 1. The van der Waals surface area contributed by atoms with Crippen LogP contribution < -0.4 is 4.74 Å². The molecule has 0 N–H and O–H groups in total. The van der Waals surface area contributed by atoms with Crippen molar-refractivity contribution in [2.75, 3.05) is 0 Å². The van der Waals surface area contributed by atoms with Gasteiger partial charge >= 0.3 is 21.1 Å². The normalized spacial score (nSPS) is 10.9. The number of fused-ring (bicyclic) bond motifs is 3. The van der Waals surface area contributed by atoms with Crippen molar-refractivity contribution in [2.24, 2.45) is 0 Å². The van der Waals surface area contributed by atoms with Crippen LogP contribution in [0.25, 0.3) is 49.5 Å².